The van der Waals surface area contributed by atoms with E-state index < -0.39 is 0 Å². The molecule has 72 valence electrons. The molecule has 1 heterocycles. The van der Waals surface area contributed by atoms with E-state index in [1.165, 1.54) is 0 Å². The molecule has 0 aromatic heterocycles. The molecule has 1 aliphatic carbocycles. The summed E-state index contributed by atoms with van der Waals surface area (Å²) >= 11 is 0. The Balaban J connectivity index is 1.85. The molecule has 0 N–H and O–H groups in total. The van der Waals surface area contributed by atoms with Gasteiger partial charge in [0.05, 0.1) is 24.2 Å². The molecule has 2 aliphatic rings. The molecule has 2 rings (SSSR count). The van der Waals surface area contributed by atoms with Crippen LogP contribution in [0.2, 0.25) is 0 Å². The van der Waals surface area contributed by atoms with E-state index in [2.05, 4.69) is 17.9 Å². The predicted molar refractivity (Wildman–Crippen MR) is 49.1 cm³/mol. The quantitative estimate of drug-likeness (QED) is 0.636. The second kappa shape index (κ2) is 3.28. The first-order chi connectivity index (χ1) is 6.24. The molecule has 2 fully saturated rings. The van der Waals surface area contributed by atoms with Gasteiger partial charge in [-0.2, -0.15) is 5.26 Å². The van der Waals surface area contributed by atoms with E-state index in [1.54, 1.807) is 0 Å². The Morgan fingerprint density at radius 2 is 2.38 bits per heavy atom. The van der Waals surface area contributed by atoms with Crippen molar-refractivity contribution in [3.05, 3.63) is 0 Å². The summed E-state index contributed by atoms with van der Waals surface area (Å²) in [4.78, 5) is 2.37. The van der Waals surface area contributed by atoms with Crippen LogP contribution in [-0.2, 0) is 4.74 Å². The average Bonchev–Trinajstić information content (AvgIpc) is 2.86. The highest BCUT2D eigenvalue weighted by Gasteiger charge is 2.44. The molecule has 3 heteroatoms. The van der Waals surface area contributed by atoms with Gasteiger partial charge >= 0.3 is 0 Å². The highest BCUT2D eigenvalue weighted by molar-refractivity contribution is 5.11. The van der Waals surface area contributed by atoms with Crippen molar-refractivity contribution < 1.29 is 4.74 Å². The number of nitriles is 1. The summed E-state index contributed by atoms with van der Waals surface area (Å²) in [6.45, 7) is 5.86. The Hall–Kier alpha value is -0.590. The van der Waals surface area contributed by atoms with Crippen LogP contribution in [-0.4, -0.2) is 37.2 Å². The summed E-state index contributed by atoms with van der Waals surface area (Å²) in [5.74, 6) is 0. The summed E-state index contributed by atoms with van der Waals surface area (Å²) in [5.41, 5.74) is 0.0110. The van der Waals surface area contributed by atoms with Gasteiger partial charge in [0.1, 0.15) is 0 Å². The predicted octanol–water partition coefficient (Wildman–Crippen LogP) is 1.01. The molecule has 1 saturated heterocycles. The molecular weight excluding hydrogens is 164 g/mol. The van der Waals surface area contributed by atoms with Crippen LogP contribution in [0.25, 0.3) is 0 Å². The molecule has 0 aromatic carbocycles. The van der Waals surface area contributed by atoms with Crippen LogP contribution in [0, 0.1) is 16.7 Å². The molecule has 13 heavy (non-hydrogen) atoms. The summed E-state index contributed by atoms with van der Waals surface area (Å²) in [6, 6.07) is 2.43. The zero-order chi connectivity index (χ0) is 9.31. The molecule has 1 saturated carbocycles. The lowest BCUT2D eigenvalue weighted by molar-refractivity contribution is -0.0221. The summed E-state index contributed by atoms with van der Waals surface area (Å²) in [7, 11) is 0. The average molecular weight is 180 g/mol. The Kier molecular flexibility index (Phi) is 2.27. The SMILES string of the molecule is C[C@H]1CN(CC2(C#N)CC2)CCO1. The molecular formula is C10H16N2O. The maximum atomic E-state index is 8.95. The Morgan fingerprint density at radius 3 is 2.92 bits per heavy atom. The molecule has 0 bridgehead atoms. The van der Waals surface area contributed by atoms with Crippen LogP contribution in [0.5, 0.6) is 0 Å². The minimum Gasteiger partial charge on any atom is -0.376 e. The van der Waals surface area contributed by atoms with Gasteiger partial charge in [-0.25, -0.2) is 0 Å². The molecule has 0 radical (unpaired) electrons. The fourth-order valence-corrected chi connectivity index (χ4v) is 1.92. The minimum atomic E-state index is 0.0110. The number of nitrogens with zero attached hydrogens (tertiary/aromatic N) is 2. The topological polar surface area (TPSA) is 36.3 Å². The molecule has 3 nitrogen and oxygen atoms in total. The van der Waals surface area contributed by atoms with Gasteiger partial charge in [0.2, 0.25) is 0 Å². The van der Waals surface area contributed by atoms with E-state index in [-0.39, 0.29) is 5.41 Å². The van der Waals surface area contributed by atoms with Gasteiger partial charge < -0.3 is 4.74 Å². The van der Waals surface area contributed by atoms with E-state index in [9.17, 15) is 0 Å². The molecule has 1 atom stereocenters. The minimum absolute atomic E-state index is 0.0110. The smallest absolute Gasteiger partial charge is 0.0703 e. The second-order valence-electron chi connectivity index (χ2n) is 4.31. The molecule has 1 aliphatic heterocycles. The number of morpholine rings is 1. The maximum absolute atomic E-state index is 8.95. The highest BCUT2D eigenvalue weighted by Crippen LogP contribution is 2.45. The van der Waals surface area contributed by atoms with Gasteiger partial charge in [-0.15, -0.1) is 0 Å². The van der Waals surface area contributed by atoms with E-state index in [1.807, 2.05) is 0 Å². The summed E-state index contributed by atoms with van der Waals surface area (Å²) in [6.07, 6.45) is 2.52. The fraction of sp³-hybridized carbons (Fsp3) is 0.900. The first kappa shape index (κ1) is 8.98. The fourth-order valence-electron chi connectivity index (χ4n) is 1.92. The number of ether oxygens (including phenoxy) is 1. The van der Waals surface area contributed by atoms with Crippen molar-refractivity contribution in [2.75, 3.05) is 26.2 Å². The standard InChI is InChI=1S/C10H16N2O/c1-9-6-12(4-5-13-9)8-10(7-11)2-3-10/h9H,2-6,8H2,1H3/t9-/m0/s1. The van der Waals surface area contributed by atoms with E-state index in [0.29, 0.717) is 6.10 Å². The van der Waals surface area contributed by atoms with E-state index in [4.69, 9.17) is 10.00 Å². The van der Waals surface area contributed by atoms with Crippen molar-refractivity contribution in [2.45, 2.75) is 25.9 Å². The lowest BCUT2D eigenvalue weighted by Crippen LogP contribution is -2.43. The van der Waals surface area contributed by atoms with Crippen molar-refractivity contribution in [3.63, 3.8) is 0 Å². The van der Waals surface area contributed by atoms with Gasteiger partial charge in [0, 0.05) is 19.6 Å². The van der Waals surface area contributed by atoms with Crippen LogP contribution in [0.3, 0.4) is 0 Å². The van der Waals surface area contributed by atoms with E-state index in [0.717, 1.165) is 39.1 Å². The normalized spacial score (nSPS) is 32.5. The zero-order valence-electron chi connectivity index (χ0n) is 8.12. The lowest BCUT2D eigenvalue weighted by Gasteiger charge is -2.32. The van der Waals surface area contributed by atoms with Crippen LogP contribution < -0.4 is 0 Å². The third kappa shape index (κ3) is 2.01. The zero-order valence-corrected chi connectivity index (χ0v) is 8.12. The number of hydrogen-bond acceptors (Lipinski definition) is 3. The van der Waals surface area contributed by atoms with Crippen LogP contribution >= 0.6 is 0 Å². The van der Waals surface area contributed by atoms with Crippen LogP contribution in [0.1, 0.15) is 19.8 Å². The van der Waals surface area contributed by atoms with Crippen LogP contribution in [0.4, 0.5) is 0 Å². The molecule has 0 amide bonds. The molecule has 0 spiro atoms. The Labute approximate surface area is 79.3 Å². The van der Waals surface area contributed by atoms with Crippen molar-refractivity contribution in [3.8, 4) is 6.07 Å². The molecule has 0 unspecified atom stereocenters. The summed E-state index contributed by atoms with van der Waals surface area (Å²) < 4.78 is 5.45. The van der Waals surface area contributed by atoms with E-state index >= 15 is 0 Å². The number of rotatable bonds is 2. The third-order valence-electron chi connectivity index (χ3n) is 2.94. The third-order valence-corrected chi connectivity index (χ3v) is 2.94. The van der Waals surface area contributed by atoms with Crippen molar-refractivity contribution in [1.82, 2.24) is 4.90 Å². The van der Waals surface area contributed by atoms with Gasteiger partial charge in [-0.1, -0.05) is 0 Å². The second-order valence-corrected chi connectivity index (χ2v) is 4.31. The Morgan fingerprint density at radius 1 is 1.62 bits per heavy atom. The van der Waals surface area contributed by atoms with Gasteiger partial charge in [-0.3, -0.25) is 4.90 Å². The van der Waals surface area contributed by atoms with Gasteiger partial charge in [0.15, 0.2) is 0 Å². The maximum Gasteiger partial charge on any atom is 0.0703 e. The van der Waals surface area contributed by atoms with Crippen molar-refractivity contribution >= 4 is 0 Å². The first-order valence-corrected chi connectivity index (χ1v) is 4.99. The van der Waals surface area contributed by atoms with Gasteiger partial charge in [-0.05, 0) is 19.8 Å². The van der Waals surface area contributed by atoms with Crippen molar-refractivity contribution in [1.29, 1.82) is 5.26 Å². The van der Waals surface area contributed by atoms with Crippen molar-refractivity contribution in [2.24, 2.45) is 5.41 Å². The number of hydrogen-bond donors (Lipinski definition) is 0. The summed E-state index contributed by atoms with van der Waals surface area (Å²) in [5, 5.41) is 8.95. The molecule has 0 aromatic rings. The first-order valence-electron chi connectivity index (χ1n) is 4.99. The Bertz CT molecular complexity index is 230. The van der Waals surface area contributed by atoms with Crippen LogP contribution in [0.15, 0.2) is 0 Å². The highest BCUT2D eigenvalue weighted by atomic mass is 16.5. The van der Waals surface area contributed by atoms with Gasteiger partial charge in [0.25, 0.3) is 0 Å². The monoisotopic (exact) mass is 180 g/mol. The largest absolute Gasteiger partial charge is 0.376 e. The lowest BCUT2D eigenvalue weighted by atomic mass is 10.1.